The first kappa shape index (κ1) is 16.8. The summed E-state index contributed by atoms with van der Waals surface area (Å²) in [7, 11) is 3.75. The third-order valence-corrected chi connectivity index (χ3v) is 5.36. The summed E-state index contributed by atoms with van der Waals surface area (Å²) in [5.41, 5.74) is 7.26. The smallest absolute Gasteiger partial charge is 0.223 e. The largest absolute Gasteiger partial charge is 0.370 e. The second kappa shape index (κ2) is 6.83. The van der Waals surface area contributed by atoms with Gasteiger partial charge in [-0.3, -0.25) is 14.5 Å². The van der Waals surface area contributed by atoms with E-state index in [0.29, 0.717) is 18.9 Å². The van der Waals surface area contributed by atoms with E-state index in [1.807, 2.05) is 31.4 Å². The molecule has 3 heterocycles. The van der Waals surface area contributed by atoms with Gasteiger partial charge >= 0.3 is 0 Å². The second-order valence-electron chi connectivity index (χ2n) is 7.23. The zero-order valence-electron chi connectivity index (χ0n) is 14.9. The summed E-state index contributed by atoms with van der Waals surface area (Å²) < 4.78 is 1.77. The molecule has 7 nitrogen and oxygen atoms in total. The van der Waals surface area contributed by atoms with E-state index in [-0.39, 0.29) is 17.9 Å². The minimum absolute atomic E-state index is 0.0316. The number of nitrogens with two attached hydrogens (primary N) is 1. The van der Waals surface area contributed by atoms with Crippen molar-refractivity contribution in [3.8, 4) is 0 Å². The number of carbonyl (C=O) groups is 1. The number of aryl methyl sites for hydroxylation is 1. The third kappa shape index (κ3) is 3.39. The minimum atomic E-state index is 0.0316. The van der Waals surface area contributed by atoms with Crippen molar-refractivity contribution in [2.75, 3.05) is 26.7 Å². The summed E-state index contributed by atoms with van der Waals surface area (Å²) in [6.45, 7) is 4.81. The van der Waals surface area contributed by atoms with Gasteiger partial charge in [0.15, 0.2) is 5.96 Å². The van der Waals surface area contributed by atoms with Crippen LogP contribution in [0.5, 0.6) is 0 Å². The number of aromatic nitrogens is 2. The van der Waals surface area contributed by atoms with Crippen LogP contribution in [0.15, 0.2) is 17.4 Å². The number of carbonyl (C=O) groups excluding carboxylic acids is 1. The molecule has 2 aliphatic rings. The van der Waals surface area contributed by atoms with Crippen LogP contribution in [0.25, 0.3) is 0 Å². The maximum absolute atomic E-state index is 12.2. The van der Waals surface area contributed by atoms with E-state index < -0.39 is 0 Å². The Labute approximate surface area is 143 Å². The monoisotopic (exact) mass is 332 g/mol. The van der Waals surface area contributed by atoms with E-state index in [1.165, 1.54) is 12.8 Å². The molecule has 0 unspecified atom stereocenters. The summed E-state index contributed by atoms with van der Waals surface area (Å²) in [4.78, 5) is 20.8. The van der Waals surface area contributed by atoms with Crippen LogP contribution in [-0.4, -0.2) is 58.1 Å². The van der Waals surface area contributed by atoms with Crippen LogP contribution in [-0.2, 0) is 11.8 Å². The fraction of sp³-hybridized carbons (Fsp3) is 0.706. The highest BCUT2D eigenvalue weighted by Gasteiger charge is 2.39. The lowest BCUT2D eigenvalue weighted by Crippen LogP contribution is -2.42. The van der Waals surface area contributed by atoms with Crippen LogP contribution in [0.2, 0.25) is 0 Å². The molecule has 0 bridgehead atoms. The Bertz CT molecular complexity index is 616. The molecule has 2 aliphatic heterocycles. The summed E-state index contributed by atoms with van der Waals surface area (Å²) >= 11 is 0. The van der Waals surface area contributed by atoms with Gasteiger partial charge in [-0.15, -0.1) is 0 Å². The molecule has 0 radical (unpaired) electrons. The second-order valence-corrected chi connectivity index (χ2v) is 7.23. The summed E-state index contributed by atoms with van der Waals surface area (Å²) in [5, 5.41) is 4.24. The highest BCUT2D eigenvalue weighted by molar-refractivity contribution is 5.80. The van der Waals surface area contributed by atoms with Gasteiger partial charge in [0, 0.05) is 57.8 Å². The number of piperidine rings is 1. The summed E-state index contributed by atoms with van der Waals surface area (Å²) in [6.07, 6.45) is 6.67. The molecule has 1 aromatic rings. The van der Waals surface area contributed by atoms with Crippen LogP contribution < -0.4 is 5.73 Å². The van der Waals surface area contributed by atoms with Crippen molar-refractivity contribution in [1.82, 2.24) is 19.6 Å². The van der Waals surface area contributed by atoms with Crippen LogP contribution >= 0.6 is 0 Å². The topological polar surface area (TPSA) is 79.8 Å². The first-order chi connectivity index (χ1) is 11.5. The highest BCUT2D eigenvalue weighted by Crippen LogP contribution is 2.36. The van der Waals surface area contributed by atoms with E-state index in [0.717, 1.165) is 24.6 Å². The van der Waals surface area contributed by atoms with Gasteiger partial charge in [-0.2, -0.15) is 5.10 Å². The van der Waals surface area contributed by atoms with Crippen molar-refractivity contribution < 1.29 is 4.79 Å². The number of hydrogen-bond acceptors (Lipinski definition) is 3. The van der Waals surface area contributed by atoms with Crippen LogP contribution in [0.3, 0.4) is 0 Å². The Balaban J connectivity index is 1.68. The van der Waals surface area contributed by atoms with E-state index in [9.17, 15) is 4.79 Å². The first-order valence-electron chi connectivity index (χ1n) is 8.74. The molecule has 2 atom stereocenters. The standard InChI is InChI=1S/C17H28N6O/c1-12-4-6-23(7-5-12)17(18)19-9-13-8-15(24)22(3)16(13)14-10-20-21(2)11-14/h10-13,16H,4-9H2,1-3H3,(H2,18,19)/t13-,16+/m0/s1. The van der Waals surface area contributed by atoms with Crippen molar-refractivity contribution in [3.63, 3.8) is 0 Å². The SMILES string of the molecule is CC1CCN(C(N)=NC[C@@H]2CC(=O)N(C)[C@H]2c2cnn(C)c2)CC1. The van der Waals surface area contributed by atoms with E-state index in [1.54, 1.807) is 4.68 Å². The minimum Gasteiger partial charge on any atom is -0.370 e. The Kier molecular flexibility index (Phi) is 4.78. The van der Waals surface area contributed by atoms with Gasteiger partial charge in [0.05, 0.1) is 12.2 Å². The fourth-order valence-electron chi connectivity index (χ4n) is 3.75. The molecule has 2 saturated heterocycles. The van der Waals surface area contributed by atoms with Gasteiger partial charge in [0.1, 0.15) is 0 Å². The number of amides is 1. The highest BCUT2D eigenvalue weighted by atomic mass is 16.2. The third-order valence-electron chi connectivity index (χ3n) is 5.36. The molecule has 0 saturated carbocycles. The molecule has 0 aliphatic carbocycles. The summed E-state index contributed by atoms with van der Waals surface area (Å²) in [5.74, 6) is 1.70. The predicted octanol–water partition coefficient (Wildman–Crippen LogP) is 0.986. The normalized spacial score (nSPS) is 26.5. The van der Waals surface area contributed by atoms with Crippen LogP contribution in [0.1, 0.15) is 37.8 Å². The van der Waals surface area contributed by atoms with Crippen molar-refractivity contribution in [2.45, 2.75) is 32.2 Å². The van der Waals surface area contributed by atoms with Crippen molar-refractivity contribution >= 4 is 11.9 Å². The lowest BCUT2D eigenvalue weighted by atomic mass is 9.96. The molecular formula is C17H28N6O. The summed E-state index contributed by atoms with van der Waals surface area (Å²) in [6, 6.07) is 0.0316. The molecule has 24 heavy (non-hydrogen) atoms. The molecule has 1 aromatic heterocycles. The van der Waals surface area contributed by atoms with E-state index in [2.05, 4.69) is 21.9 Å². The maximum Gasteiger partial charge on any atom is 0.223 e. The van der Waals surface area contributed by atoms with E-state index >= 15 is 0 Å². The molecule has 132 valence electrons. The Morgan fingerprint density at radius 1 is 1.38 bits per heavy atom. The molecule has 0 aromatic carbocycles. The predicted molar refractivity (Wildman–Crippen MR) is 93.3 cm³/mol. The van der Waals surface area contributed by atoms with Gasteiger partial charge in [-0.1, -0.05) is 6.92 Å². The number of likely N-dealkylation sites (tertiary alicyclic amines) is 2. The number of nitrogens with zero attached hydrogens (tertiary/aromatic N) is 5. The van der Waals surface area contributed by atoms with Crippen molar-refractivity contribution in [1.29, 1.82) is 0 Å². The molecule has 1 amide bonds. The van der Waals surface area contributed by atoms with Gasteiger partial charge < -0.3 is 15.5 Å². The quantitative estimate of drug-likeness (QED) is 0.661. The average molecular weight is 332 g/mol. The van der Waals surface area contributed by atoms with Crippen molar-refractivity contribution in [2.24, 2.45) is 29.6 Å². The van der Waals surface area contributed by atoms with Crippen LogP contribution in [0, 0.1) is 11.8 Å². The maximum atomic E-state index is 12.2. The molecule has 7 heteroatoms. The lowest BCUT2D eigenvalue weighted by Gasteiger charge is -2.31. The average Bonchev–Trinajstić information content (AvgIpc) is 3.09. The Morgan fingerprint density at radius 3 is 2.71 bits per heavy atom. The number of guanidine groups is 1. The van der Waals surface area contributed by atoms with Gasteiger partial charge in [0.25, 0.3) is 0 Å². The molecule has 0 spiro atoms. The van der Waals surface area contributed by atoms with Gasteiger partial charge in [0.2, 0.25) is 5.91 Å². The van der Waals surface area contributed by atoms with E-state index in [4.69, 9.17) is 5.73 Å². The first-order valence-corrected chi connectivity index (χ1v) is 8.74. The van der Waals surface area contributed by atoms with Crippen LogP contribution in [0.4, 0.5) is 0 Å². The van der Waals surface area contributed by atoms with Gasteiger partial charge in [-0.05, 0) is 18.8 Å². The van der Waals surface area contributed by atoms with Crippen molar-refractivity contribution in [3.05, 3.63) is 18.0 Å². The molecule has 3 rings (SSSR count). The lowest BCUT2D eigenvalue weighted by molar-refractivity contribution is -0.127. The molecular weight excluding hydrogens is 304 g/mol. The Hall–Kier alpha value is -2.05. The zero-order chi connectivity index (χ0) is 17.3. The van der Waals surface area contributed by atoms with Gasteiger partial charge in [-0.25, -0.2) is 0 Å². The Morgan fingerprint density at radius 2 is 2.08 bits per heavy atom. The number of hydrogen-bond donors (Lipinski definition) is 1. The number of aliphatic imine (C=N–C) groups is 1. The number of rotatable bonds is 3. The fourth-order valence-corrected chi connectivity index (χ4v) is 3.75. The zero-order valence-corrected chi connectivity index (χ0v) is 14.9. The molecule has 2 fully saturated rings. The molecule has 2 N–H and O–H groups in total.